The molecule has 0 aliphatic carbocycles. The molecular weight excluding hydrogens is 320 g/mol. The number of ether oxygens (including phenoxy) is 1. The normalized spacial score (nSPS) is 15.8. The van der Waals surface area contributed by atoms with Crippen molar-refractivity contribution < 1.29 is 9.53 Å². The molecule has 8 heteroatoms. The Balaban J connectivity index is 1.88. The number of hydrogen-bond acceptors (Lipinski definition) is 4. The number of anilines is 1. The smallest absolute Gasteiger partial charge is 0.246 e. The molecule has 0 unspecified atom stereocenters. The van der Waals surface area contributed by atoms with Gasteiger partial charge in [0.2, 0.25) is 5.91 Å². The summed E-state index contributed by atoms with van der Waals surface area (Å²) in [5.41, 5.74) is 0.846. The van der Waals surface area contributed by atoms with Crippen molar-refractivity contribution in [1.82, 2.24) is 20.0 Å². The second-order valence-electron chi connectivity index (χ2n) is 6.04. The molecule has 1 fully saturated rings. The average molecular weight is 350 g/mol. The number of amides is 1. The molecule has 0 atom stereocenters. The highest BCUT2D eigenvalue weighted by atomic mass is 16.5. The molecule has 1 aliphatic heterocycles. The van der Waals surface area contributed by atoms with E-state index in [-0.39, 0.29) is 5.91 Å². The first-order chi connectivity index (χ1) is 12.2. The lowest BCUT2D eigenvalue weighted by Crippen LogP contribution is -2.55. The van der Waals surface area contributed by atoms with E-state index in [0.29, 0.717) is 26.2 Å². The summed E-state index contributed by atoms with van der Waals surface area (Å²) in [5.74, 6) is 0.838. The van der Waals surface area contributed by atoms with Crippen LogP contribution >= 0.6 is 0 Å². The summed E-state index contributed by atoms with van der Waals surface area (Å²) in [6, 6.07) is 0. The van der Waals surface area contributed by atoms with Crippen LogP contribution in [-0.4, -0.2) is 72.5 Å². The number of guanidine groups is 1. The zero-order valence-corrected chi connectivity index (χ0v) is 15.6. The SMILES string of the molecule is CCCCOCCN=C(NCC)N1CCN(c2cnn(C)c2)C(=O)C1. The fourth-order valence-electron chi connectivity index (χ4n) is 2.67. The molecule has 1 aliphatic rings. The van der Waals surface area contributed by atoms with Crippen LogP contribution in [0.25, 0.3) is 0 Å². The van der Waals surface area contributed by atoms with E-state index in [1.807, 2.05) is 25.1 Å². The van der Waals surface area contributed by atoms with E-state index < -0.39 is 0 Å². The van der Waals surface area contributed by atoms with Crippen LogP contribution in [0.3, 0.4) is 0 Å². The molecule has 2 rings (SSSR count). The Morgan fingerprint density at radius 2 is 2.20 bits per heavy atom. The van der Waals surface area contributed by atoms with Crippen molar-refractivity contribution >= 4 is 17.6 Å². The maximum atomic E-state index is 12.5. The van der Waals surface area contributed by atoms with E-state index in [4.69, 9.17) is 4.74 Å². The molecule has 8 nitrogen and oxygen atoms in total. The minimum absolute atomic E-state index is 0.0593. The van der Waals surface area contributed by atoms with E-state index in [1.165, 1.54) is 0 Å². The predicted molar refractivity (Wildman–Crippen MR) is 98.8 cm³/mol. The molecule has 0 saturated carbocycles. The molecule has 2 heterocycles. The number of hydrogen-bond donors (Lipinski definition) is 1. The third-order valence-electron chi connectivity index (χ3n) is 4.00. The van der Waals surface area contributed by atoms with Crippen LogP contribution in [0.1, 0.15) is 26.7 Å². The zero-order chi connectivity index (χ0) is 18.1. The van der Waals surface area contributed by atoms with E-state index >= 15 is 0 Å². The lowest BCUT2D eigenvalue weighted by Gasteiger charge is -2.35. The maximum Gasteiger partial charge on any atom is 0.246 e. The molecule has 0 radical (unpaired) electrons. The number of aryl methyl sites for hydroxylation is 1. The molecule has 0 spiro atoms. The molecule has 25 heavy (non-hydrogen) atoms. The third-order valence-corrected chi connectivity index (χ3v) is 4.00. The van der Waals surface area contributed by atoms with Crippen LogP contribution < -0.4 is 10.2 Å². The van der Waals surface area contributed by atoms with Gasteiger partial charge in [0.05, 0.1) is 25.0 Å². The number of nitrogens with zero attached hydrogens (tertiary/aromatic N) is 5. The lowest BCUT2D eigenvalue weighted by atomic mass is 10.3. The summed E-state index contributed by atoms with van der Waals surface area (Å²) in [5, 5.41) is 7.41. The first-order valence-corrected chi connectivity index (χ1v) is 9.05. The van der Waals surface area contributed by atoms with Gasteiger partial charge in [0, 0.05) is 39.5 Å². The van der Waals surface area contributed by atoms with Crippen LogP contribution in [0.4, 0.5) is 5.69 Å². The molecule has 1 N–H and O–H groups in total. The third kappa shape index (κ3) is 5.74. The molecule has 0 bridgehead atoms. The van der Waals surface area contributed by atoms with E-state index in [9.17, 15) is 4.79 Å². The summed E-state index contributed by atoms with van der Waals surface area (Å²) in [4.78, 5) is 20.9. The Hall–Kier alpha value is -2.09. The van der Waals surface area contributed by atoms with Gasteiger partial charge in [-0.05, 0) is 13.3 Å². The Kier molecular flexibility index (Phi) is 7.72. The lowest BCUT2D eigenvalue weighted by molar-refractivity contribution is -0.120. The summed E-state index contributed by atoms with van der Waals surface area (Å²) in [6.45, 7) is 8.62. The Morgan fingerprint density at radius 1 is 1.36 bits per heavy atom. The van der Waals surface area contributed by atoms with Crippen molar-refractivity contribution in [3.63, 3.8) is 0 Å². The quantitative estimate of drug-likeness (QED) is 0.427. The number of piperazine rings is 1. The summed E-state index contributed by atoms with van der Waals surface area (Å²) in [7, 11) is 1.85. The van der Waals surface area contributed by atoms with Crippen LogP contribution in [0, 0.1) is 0 Å². The highest BCUT2D eigenvalue weighted by Crippen LogP contribution is 2.16. The molecule has 0 aromatic carbocycles. The monoisotopic (exact) mass is 350 g/mol. The van der Waals surface area contributed by atoms with Gasteiger partial charge in [-0.15, -0.1) is 0 Å². The topological polar surface area (TPSA) is 75.0 Å². The Labute approximate surface area is 149 Å². The van der Waals surface area contributed by atoms with Gasteiger partial charge in [-0.3, -0.25) is 14.5 Å². The van der Waals surface area contributed by atoms with Crippen molar-refractivity contribution in [2.45, 2.75) is 26.7 Å². The summed E-state index contributed by atoms with van der Waals surface area (Å²) < 4.78 is 7.26. The van der Waals surface area contributed by atoms with Crippen molar-refractivity contribution in [2.24, 2.45) is 12.0 Å². The second kappa shape index (κ2) is 10.0. The number of rotatable bonds is 8. The minimum atomic E-state index is 0.0593. The standard InChI is InChI=1S/C17H30N6O2/c1-4-6-10-25-11-7-19-17(18-5-2)22-8-9-23(16(24)14-22)15-12-20-21(3)13-15/h12-13H,4-11,14H2,1-3H3,(H,18,19). The predicted octanol–water partition coefficient (Wildman–Crippen LogP) is 0.851. The van der Waals surface area contributed by atoms with Crippen LogP contribution in [0.15, 0.2) is 17.4 Å². The first-order valence-electron chi connectivity index (χ1n) is 9.05. The molecule has 1 saturated heterocycles. The number of aromatic nitrogens is 2. The Morgan fingerprint density at radius 3 is 2.84 bits per heavy atom. The molecular formula is C17H30N6O2. The molecule has 140 valence electrons. The first kappa shape index (κ1) is 19.2. The fraction of sp³-hybridized carbons (Fsp3) is 0.706. The van der Waals surface area contributed by atoms with Crippen molar-refractivity contribution in [3.05, 3.63) is 12.4 Å². The minimum Gasteiger partial charge on any atom is -0.380 e. The maximum absolute atomic E-state index is 12.5. The number of aliphatic imine (C=N–C) groups is 1. The van der Waals surface area contributed by atoms with Gasteiger partial charge in [-0.1, -0.05) is 13.3 Å². The van der Waals surface area contributed by atoms with E-state index in [0.717, 1.165) is 44.2 Å². The van der Waals surface area contributed by atoms with Crippen molar-refractivity contribution in [2.75, 3.05) is 50.8 Å². The van der Waals surface area contributed by atoms with Crippen LogP contribution in [-0.2, 0) is 16.6 Å². The van der Waals surface area contributed by atoms with Gasteiger partial charge in [-0.25, -0.2) is 0 Å². The largest absolute Gasteiger partial charge is 0.380 e. The molecule has 1 aromatic heterocycles. The average Bonchev–Trinajstić information content (AvgIpc) is 3.03. The van der Waals surface area contributed by atoms with Crippen molar-refractivity contribution in [3.8, 4) is 0 Å². The molecule has 1 amide bonds. The second-order valence-corrected chi connectivity index (χ2v) is 6.04. The Bertz CT molecular complexity index is 571. The van der Waals surface area contributed by atoms with Gasteiger partial charge in [-0.2, -0.15) is 5.10 Å². The summed E-state index contributed by atoms with van der Waals surface area (Å²) in [6.07, 6.45) is 5.80. The number of carbonyl (C=O) groups is 1. The number of unbranched alkanes of at least 4 members (excludes halogenated alkanes) is 1. The van der Waals surface area contributed by atoms with Gasteiger partial charge >= 0.3 is 0 Å². The van der Waals surface area contributed by atoms with Gasteiger partial charge < -0.3 is 19.9 Å². The molecule has 1 aromatic rings. The van der Waals surface area contributed by atoms with E-state index in [1.54, 1.807) is 15.8 Å². The van der Waals surface area contributed by atoms with Gasteiger partial charge in [0.15, 0.2) is 5.96 Å². The van der Waals surface area contributed by atoms with Gasteiger partial charge in [0.25, 0.3) is 0 Å². The highest BCUT2D eigenvalue weighted by molar-refractivity contribution is 5.98. The fourth-order valence-corrected chi connectivity index (χ4v) is 2.67. The van der Waals surface area contributed by atoms with Gasteiger partial charge in [0.1, 0.15) is 6.54 Å². The number of carbonyl (C=O) groups excluding carboxylic acids is 1. The number of nitrogens with one attached hydrogen (secondary N) is 1. The van der Waals surface area contributed by atoms with Crippen LogP contribution in [0.5, 0.6) is 0 Å². The summed E-state index contributed by atoms with van der Waals surface area (Å²) >= 11 is 0. The zero-order valence-electron chi connectivity index (χ0n) is 15.6. The van der Waals surface area contributed by atoms with E-state index in [2.05, 4.69) is 22.3 Å². The highest BCUT2D eigenvalue weighted by Gasteiger charge is 2.27. The van der Waals surface area contributed by atoms with Crippen LogP contribution in [0.2, 0.25) is 0 Å². The van der Waals surface area contributed by atoms with Crippen molar-refractivity contribution in [1.29, 1.82) is 0 Å².